The largest absolute Gasteiger partial charge is 0.481 e. The van der Waals surface area contributed by atoms with E-state index in [1.165, 1.54) is 16.3 Å². The fraction of sp³-hybridized carbons (Fsp3) is 0.176. The second-order valence-corrected chi connectivity index (χ2v) is 4.87. The Morgan fingerprint density at radius 1 is 1.05 bits per heavy atom. The molecule has 0 saturated carbocycles. The zero-order valence-corrected chi connectivity index (χ0v) is 12.1. The first-order valence-electron chi connectivity index (χ1n) is 6.86. The van der Waals surface area contributed by atoms with Gasteiger partial charge in [0.1, 0.15) is 0 Å². The number of nitrogens with zero attached hydrogens (tertiary/aromatic N) is 2. The van der Waals surface area contributed by atoms with Gasteiger partial charge < -0.3 is 10.1 Å². The molecule has 1 heterocycles. The molecule has 106 valence electrons. The van der Waals surface area contributed by atoms with Crippen molar-refractivity contribution in [3.8, 4) is 5.88 Å². The van der Waals surface area contributed by atoms with Crippen LogP contribution in [-0.2, 0) is 6.54 Å². The van der Waals surface area contributed by atoms with Gasteiger partial charge in [-0.1, -0.05) is 42.5 Å². The molecule has 0 unspecified atom stereocenters. The number of ether oxygens (including phenoxy) is 1. The summed E-state index contributed by atoms with van der Waals surface area (Å²) in [6, 6.07) is 16.5. The number of aromatic nitrogens is 2. The SMILES string of the molecule is COc1cc(C)nc(NCc2cccc3ccccc23)n1. The average Bonchev–Trinajstić information content (AvgIpc) is 2.52. The Hall–Kier alpha value is -2.62. The van der Waals surface area contributed by atoms with Gasteiger partial charge in [0, 0.05) is 18.3 Å². The van der Waals surface area contributed by atoms with E-state index in [1.54, 1.807) is 7.11 Å². The zero-order chi connectivity index (χ0) is 14.7. The molecule has 0 radical (unpaired) electrons. The van der Waals surface area contributed by atoms with Gasteiger partial charge in [0.25, 0.3) is 0 Å². The van der Waals surface area contributed by atoms with Crippen LogP contribution in [-0.4, -0.2) is 17.1 Å². The zero-order valence-electron chi connectivity index (χ0n) is 12.1. The lowest BCUT2D eigenvalue weighted by molar-refractivity contribution is 0.397. The predicted molar refractivity (Wildman–Crippen MR) is 84.6 cm³/mol. The van der Waals surface area contributed by atoms with E-state index < -0.39 is 0 Å². The van der Waals surface area contributed by atoms with Crippen molar-refractivity contribution in [3.63, 3.8) is 0 Å². The van der Waals surface area contributed by atoms with Gasteiger partial charge in [-0.15, -0.1) is 0 Å². The van der Waals surface area contributed by atoms with Crippen LogP contribution < -0.4 is 10.1 Å². The average molecular weight is 279 g/mol. The molecule has 1 aromatic heterocycles. The molecule has 0 aliphatic carbocycles. The summed E-state index contributed by atoms with van der Waals surface area (Å²) in [5, 5.41) is 5.74. The number of aryl methyl sites for hydroxylation is 1. The van der Waals surface area contributed by atoms with Crippen molar-refractivity contribution in [1.29, 1.82) is 0 Å². The molecule has 2 aromatic carbocycles. The molecule has 4 nitrogen and oxygen atoms in total. The van der Waals surface area contributed by atoms with E-state index in [1.807, 2.05) is 19.1 Å². The number of methoxy groups -OCH3 is 1. The molecule has 0 amide bonds. The molecule has 4 heteroatoms. The maximum absolute atomic E-state index is 5.17. The molecule has 0 aliphatic rings. The van der Waals surface area contributed by atoms with Crippen LogP contribution >= 0.6 is 0 Å². The van der Waals surface area contributed by atoms with Gasteiger partial charge in [-0.05, 0) is 23.3 Å². The third-order valence-electron chi connectivity index (χ3n) is 3.36. The first kappa shape index (κ1) is 13.4. The summed E-state index contributed by atoms with van der Waals surface area (Å²) >= 11 is 0. The van der Waals surface area contributed by atoms with Gasteiger partial charge in [0.05, 0.1) is 7.11 Å². The van der Waals surface area contributed by atoms with Crippen molar-refractivity contribution in [1.82, 2.24) is 9.97 Å². The Kier molecular flexibility index (Phi) is 3.69. The van der Waals surface area contributed by atoms with Crippen LogP contribution in [0.25, 0.3) is 10.8 Å². The minimum absolute atomic E-state index is 0.572. The molecule has 0 saturated heterocycles. The van der Waals surface area contributed by atoms with Crippen molar-refractivity contribution >= 4 is 16.7 Å². The Morgan fingerprint density at radius 3 is 2.71 bits per heavy atom. The molecular weight excluding hydrogens is 262 g/mol. The highest BCUT2D eigenvalue weighted by atomic mass is 16.5. The molecule has 3 aromatic rings. The van der Waals surface area contributed by atoms with Crippen molar-refractivity contribution in [3.05, 3.63) is 59.8 Å². The lowest BCUT2D eigenvalue weighted by Crippen LogP contribution is -2.05. The van der Waals surface area contributed by atoms with Crippen molar-refractivity contribution < 1.29 is 4.74 Å². The summed E-state index contributed by atoms with van der Waals surface area (Å²) in [6.07, 6.45) is 0. The molecule has 0 atom stereocenters. The minimum atomic E-state index is 0.572. The number of hydrogen-bond acceptors (Lipinski definition) is 4. The molecule has 21 heavy (non-hydrogen) atoms. The topological polar surface area (TPSA) is 47.0 Å². The van der Waals surface area contributed by atoms with E-state index >= 15 is 0 Å². The lowest BCUT2D eigenvalue weighted by Gasteiger charge is -2.09. The van der Waals surface area contributed by atoms with E-state index in [9.17, 15) is 0 Å². The highest BCUT2D eigenvalue weighted by Gasteiger charge is 2.04. The van der Waals surface area contributed by atoms with Crippen molar-refractivity contribution in [2.75, 3.05) is 12.4 Å². The van der Waals surface area contributed by atoms with Gasteiger partial charge in [0.15, 0.2) is 0 Å². The molecule has 1 N–H and O–H groups in total. The van der Waals surface area contributed by atoms with E-state index in [0.29, 0.717) is 18.4 Å². The fourth-order valence-electron chi connectivity index (χ4n) is 2.34. The number of fused-ring (bicyclic) bond motifs is 1. The molecule has 0 bridgehead atoms. The van der Waals surface area contributed by atoms with Crippen LogP contribution in [0.2, 0.25) is 0 Å². The Bertz CT molecular complexity index is 766. The minimum Gasteiger partial charge on any atom is -0.481 e. The molecule has 3 rings (SSSR count). The third-order valence-corrected chi connectivity index (χ3v) is 3.36. The van der Waals surface area contributed by atoms with Gasteiger partial charge in [-0.25, -0.2) is 4.98 Å². The van der Waals surface area contributed by atoms with Crippen LogP contribution in [0.4, 0.5) is 5.95 Å². The number of nitrogens with one attached hydrogen (secondary N) is 1. The Balaban J connectivity index is 1.85. The van der Waals surface area contributed by atoms with Crippen LogP contribution in [0.5, 0.6) is 5.88 Å². The summed E-state index contributed by atoms with van der Waals surface area (Å²) in [4.78, 5) is 8.68. The first-order chi connectivity index (χ1) is 10.3. The van der Waals surface area contributed by atoms with Gasteiger partial charge in [0.2, 0.25) is 11.8 Å². The van der Waals surface area contributed by atoms with E-state index in [-0.39, 0.29) is 0 Å². The maximum Gasteiger partial charge on any atom is 0.226 e. The first-order valence-corrected chi connectivity index (χ1v) is 6.86. The molecule has 0 spiro atoms. The number of rotatable bonds is 4. The molecule has 0 fully saturated rings. The van der Waals surface area contributed by atoms with Gasteiger partial charge >= 0.3 is 0 Å². The van der Waals surface area contributed by atoms with Crippen LogP contribution in [0, 0.1) is 6.92 Å². The lowest BCUT2D eigenvalue weighted by atomic mass is 10.0. The van der Waals surface area contributed by atoms with E-state index in [2.05, 4.69) is 51.7 Å². The van der Waals surface area contributed by atoms with E-state index in [4.69, 9.17) is 4.74 Å². The summed E-state index contributed by atoms with van der Waals surface area (Å²) in [7, 11) is 1.61. The molecular formula is C17H17N3O. The summed E-state index contributed by atoms with van der Waals surface area (Å²) in [5.74, 6) is 1.16. The van der Waals surface area contributed by atoms with Crippen molar-refractivity contribution in [2.45, 2.75) is 13.5 Å². The second kappa shape index (κ2) is 5.79. The smallest absolute Gasteiger partial charge is 0.226 e. The van der Waals surface area contributed by atoms with Gasteiger partial charge in [-0.2, -0.15) is 4.98 Å². The Morgan fingerprint density at radius 2 is 1.86 bits per heavy atom. The number of anilines is 1. The standard InChI is InChI=1S/C17H17N3O/c1-12-10-16(21-2)20-17(19-12)18-11-14-8-5-7-13-6-3-4-9-15(13)14/h3-10H,11H2,1-2H3,(H,18,19,20). The van der Waals surface area contributed by atoms with Crippen molar-refractivity contribution in [2.24, 2.45) is 0 Å². The summed E-state index contributed by atoms with van der Waals surface area (Å²) < 4.78 is 5.17. The van der Waals surface area contributed by atoms with E-state index in [0.717, 1.165) is 5.69 Å². The highest BCUT2D eigenvalue weighted by Crippen LogP contribution is 2.19. The third kappa shape index (κ3) is 2.94. The van der Waals surface area contributed by atoms with Crippen LogP contribution in [0.1, 0.15) is 11.3 Å². The quantitative estimate of drug-likeness (QED) is 0.793. The van der Waals surface area contributed by atoms with Gasteiger partial charge in [-0.3, -0.25) is 0 Å². The van der Waals surface area contributed by atoms with Crippen LogP contribution in [0.3, 0.4) is 0 Å². The second-order valence-electron chi connectivity index (χ2n) is 4.87. The van der Waals surface area contributed by atoms with Crippen LogP contribution in [0.15, 0.2) is 48.5 Å². The fourth-order valence-corrected chi connectivity index (χ4v) is 2.34. The number of hydrogen-bond donors (Lipinski definition) is 1. The molecule has 0 aliphatic heterocycles. The monoisotopic (exact) mass is 279 g/mol. The summed E-state index contributed by atoms with van der Waals surface area (Å²) in [6.45, 7) is 2.60. The number of benzene rings is 2. The normalized spacial score (nSPS) is 10.6. The Labute approximate surface area is 123 Å². The summed E-state index contributed by atoms with van der Waals surface area (Å²) in [5.41, 5.74) is 2.10. The predicted octanol–water partition coefficient (Wildman–Crippen LogP) is 3.56. The highest BCUT2D eigenvalue weighted by molar-refractivity contribution is 5.85. The maximum atomic E-state index is 5.17.